The Morgan fingerprint density at radius 1 is 0.840 bits per heavy atom. The number of carbonyl (C=O) groups is 1. The van der Waals surface area contributed by atoms with Crippen molar-refractivity contribution in [2.45, 2.75) is 6.92 Å². The Labute approximate surface area is 142 Å². The van der Waals surface area contributed by atoms with Crippen LogP contribution in [-0.4, -0.2) is 10.9 Å². The molecule has 5 heteroatoms. The molecule has 0 bridgehead atoms. The van der Waals surface area contributed by atoms with Gasteiger partial charge in [0, 0.05) is 19.1 Å². The van der Waals surface area contributed by atoms with Crippen molar-refractivity contribution in [3.63, 3.8) is 0 Å². The Kier molecular flexibility index (Phi) is 3.35. The number of benzene rings is 4. The average molecular weight is 331 g/mol. The summed E-state index contributed by atoms with van der Waals surface area (Å²) < 4.78 is 5.14. The predicted octanol–water partition coefficient (Wildman–Crippen LogP) is 4.98. The van der Waals surface area contributed by atoms with Crippen LogP contribution in [0.25, 0.3) is 32.3 Å². The molecule has 0 fully saturated rings. The topological polar surface area (TPSA) is 69.4 Å². The fourth-order valence-electron chi connectivity index (χ4n) is 3.20. The molecule has 0 aliphatic heterocycles. The van der Waals surface area contributed by atoms with Crippen molar-refractivity contribution < 1.29 is 14.5 Å². The minimum absolute atomic E-state index is 0.0821. The molecule has 0 radical (unpaired) electrons. The van der Waals surface area contributed by atoms with E-state index < -0.39 is 0 Å². The maximum Gasteiger partial charge on any atom is 0.308 e. The summed E-state index contributed by atoms with van der Waals surface area (Å²) in [4.78, 5) is 21.7. The van der Waals surface area contributed by atoms with Crippen molar-refractivity contribution >= 4 is 44.0 Å². The smallest absolute Gasteiger partial charge is 0.308 e. The number of rotatable bonds is 2. The first-order valence-corrected chi connectivity index (χ1v) is 7.75. The maximum absolute atomic E-state index is 11.1. The highest BCUT2D eigenvalue weighted by Crippen LogP contribution is 2.34. The van der Waals surface area contributed by atoms with E-state index in [1.807, 2.05) is 36.4 Å². The second-order valence-electron chi connectivity index (χ2n) is 5.87. The van der Waals surface area contributed by atoms with Crippen LogP contribution >= 0.6 is 0 Å². The van der Waals surface area contributed by atoms with Crippen molar-refractivity contribution in [3.8, 4) is 5.75 Å². The maximum atomic E-state index is 11.1. The van der Waals surface area contributed by atoms with Crippen molar-refractivity contribution in [2.75, 3.05) is 0 Å². The lowest BCUT2D eigenvalue weighted by atomic mass is 9.97. The van der Waals surface area contributed by atoms with Crippen LogP contribution in [0.5, 0.6) is 5.75 Å². The predicted molar refractivity (Wildman–Crippen MR) is 96.9 cm³/mol. The first-order valence-electron chi connectivity index (χ1n) is 7.75. The SMILES string of the molecule is CC(=O)Oc1ccc2c(ccc3c4ccc([N+](=O)[O-])cc4ccc23)c1. The van der Waals surface area contributed by atoms with Crippen LogP contribution in [0.3, 0.4) is 0 Å². The van der Waals surface area contributed by atoms with Gasteiger partial charge in [-0.05, 0) is 50.5 Å². The van der Waals surface area contributed by atoms with Gasteiger partial charge in [-0.2, -0.15) is 0 Å². The van der Waals surface area contributed by atoms with Gasteiger partial charge in [0.15, 0.2) is 0 Å². The van der Waals surface area contributed by atoms with Crippen LogP contribution in [0.15, 0.2) is 60.7 Å². The molecule has 4 rings (SSSR count). The van der Waals surface area contributed by atoms with Crippen molar-refractivity contribution in [2.24, 2.45) is 0 Å². The Morgan fingerprint density at radius 3 is 2.00 bits per heavy atom. The number of nitro groups is 1. The van der Waals surface area contributed by atoms with E-state index in [-0.39, 0.29) is 16.6 Å². The summed E-state index contributed by atoms with van der Waals surface area (Å²) in [7, 11) is 0. The summed E-state index contributed by atoms with van der Waals surface area (Å²) in [5.41, 5.74) is 0.0821. The first-order chi connectivity index (χ1) is 12.0. The fourth-order valence-corrected chi connectivity index (χ4v) is 3.20. The monoisotopic (exact) mass is 331 g/mol. The van der Waals surface area contributed by atoms with Gasteiger partial charge in [-0.1, -0.05) is 30.3 Å². The number of carbonyl (C=O) groups excluding carboxylic acids is 1. The van der Waals surface area contributed by atoms with Gasteiger partial charge in [-0.15, -0.1) is 0 Å². The lowest BCUT2D eigenvalue weighted by Gasteiger charge is -2.09. The molecule has 0 N–H and O–H groups in total. The Balaban J connectivity index is 1.97. The first kappa shape index (κ1) is 15.1. The van der Waals surface area contributed by atoms with E-state index in [2.05, 4.69) is 0 Å². The molecule has 4 aromatic carbocycles. The molecule has 0 heterocycles. The molecule has 0 aliphatic rings. The Morgan fingerprint density at radius 2 is 1.40 bits per heavy atom. The van der Waals surface area contributed by atoms with Crippen LogP contribution in [0, 0.1) is 10.1 Å². The van der Waals surface area contributed by atoms with Gasteiger partial charge in [-0.25, -0.2) is 0 Å². The largest absolute Gasteiger partial charge is 0.427 e. The molecule has 0 aliphatic carbocycles. The Bertz CT molecular complexity index is 1180. The average Bonchev–Trinajstić information content (AvgIpc) is 2.59. The van der Waals surface area contributed by atoms with E-state index >= 15 is 0 Å². The minimum atomic E-state index is -0.388. The van der Waals surface area contributed by atoms with Gasteiger partial charge in [0.2, 0.25) is 0 Å². The summed E-state index contributed by atoms with van der Waals surface area (Å²) in [5, 5.41) is 16.8. The molecule has 4 aromatic rings. The van der Waals surface area contributed by atoms with Gasteiger partial charge in [0.1, 0.15) is 5.75 Å². The minimum Gasteiger partial charge on any atom is -0.427 e. The molecule has 25 heavy (non-hydrogen) atoms. The Hall–Kier alpha value is -3.47. The van der Waals surface area contributed by atoms with Gasteiger partial charge in [-0.3, -0.25) is 14.9 Å². The van der Waals surface area contributed by atoms with Crippen molar-refractivity contribution in [1.29, 1.82) is 0 Å². The number of nitrogens with zero attached hydrogens (tertiary/aromatic N) is 1. The molecule has 5 nitrogen and oxygen atoms in total. The number of fused-ring (bicyclic) bond motifs is 5. The highest BCUT2D eigenvalue weighted by Gasteiger charge is 2.10. The lowest BCUT2D eigenvalue weighted by molar-refractivity contribution is -0.384. The van der Waals surface area contributed by atoms with Crippen LogP contribution in [-0.2, 0) is 4.79 Å². The molecule has 0 atom stereocenters. The summed E-state index contributed by atoms with van der Waals surface area (Å²) >= 11 is 0. The zero-order valence-corrected chi connectivity index (χ0v) is 13.4. The normalized spacial score (nSPS) is 11.1. The van der Waals surface area contributed by atoms with Crippen LogP contribution in [0.1, 0.15) is 6.92 Å². The third-order valence-corrected chi connectivity index (χ3v) is 4.26. The van der Waals surface area contributed by atoms with E-state index in [0.717, 1.165) is 32.3 Å². The molecular weight excluding hydrogens is 318 g/mol. The molecule has 0 saturated carbocycles. The molecule has 0 saturated heterocycles. The summed E-state index contributed by atoms with van der Waals surface area (Å²) in [6, 6.07) is 18.2. The number of nitro benzene ring substituents is 1. The van der Waals surface area contributed by atoms with Crippen LogP contribution in [0.2, 0.25) is 0 Å². The highest BCUT2D eigenvalue weighted by atomic mass is 16.6. The number of esters is 1. The van der Waals surface area contributed by atoms with Crippen LogP contribution in [0.4, 0.5) is 5.69 Å². The van der Waals surface area contributed by atoms with E-state index in [1.54, 1.807) is 18.2 Å². The number of ether oxygens (including phenoxy) is 1. The third-order valence-electron chi connectivity index (χ3n) is 4.26. The third kappa shape index (κ3) is 2.55. The molecular formula is C20H13NO4. The van der Waals surface area contributed by atoms with Gasteiger partial charge >= 0.3 is 5.97 Å². The second-order valence-corrected chi connectivity index (χ2v) is 5.87. The van der Waals surface area contributed by atoms with Gasteiger partial charge < -0.3 is 4.74 Å². The van der Waals surface area contributed by atoms with E-state index in [0.29, 0.717) is 5.75 Å². The molecule has 0 amide bonds. The standard InChI is InChI=1S/C20H13NO4/c1-12(22)25-16-5-9-18-14(11-16)3-7-19-17-8-4-15(21(23)24)10-13(17)2-6-20(18)19/h2-11H,1H3. The van der Waals surface area contributed by atoms with E-state index in [4.69, 9.17) is 4.74 Å². The summed E-state index contributed by atoms with van der Waals surface area (Å²) in [5.74, 6) is 0.156. The fraction of sp³-hybridized carbons (Fsp3) is 0.0500. The molecule has 0 aromatic heterocycles. The quantitative estimate of drug-likeness (QED) is 0.171. The molecule has 0 spiro atoms. The van der Waals surface area contributed by atoms with Gasteiger partial charge in [0.25, 0.3) is 5.69 Å². The lowest BCUT2D eigenvalue weighted by Crippen LogP contribution is -2.00. The molecule has 0 unspecified atom stereocenters. The molecule has 122 valence electrons. The zero-order valence-electron chi connectivity index (χ0n) is 13.4. The van der Waals surface area contributed by atoms with Crippen LogP contribution < -0.4 is 4.74 Å². The number of non-ortho nitro benzene ring substituents is 1. The summed E-state index contributed by atoms with van der Waals surface area (Å²) in [6.45, 7) is 1.37. The zero-order chi connectivity index (χ0) is 17.6. The number of hydrogen-bond acceptors (Lipinski definition) is 4. The number of hydrogen-bond donors (Lipinski definition) is 0. The second kappa shape index (κ2) is 5.56. The highest BCUT2D eigenvalue weighted by molar-refractivity contribution is 6.17. The van der Waals surface area contributed by atoms with Crippen molar-refractivity contribution in [3.05, 3.63) is 70.8 Å². The van der Waals surface area contributed by atoms with E-state index in [1.165, 1.54) is 13.0 Å². The van der Waals surface area contributed by atoms with E-state index in [9.17, 15) is 14.9 Å². The van der Waals surface area contributed by atoms with Gasteiger partial charge in [0.05, 0.1) is 4.92 Å². The summed E-state index contributed by atoms with van der Waals surface area (Å²) in [6.07, 6.45) is 0. The van der Waals surface area contributed by atoms with Crippen molar-refractivity contribution in [1.82, 2.24) is 0 Å².